The quantitative estimate of drug-likeness (QED) is 0.562. The van der Waals surface area contributed by atoms with Crippen LogP contribution in [0.25, 0.3) is 0 Å². The van der Waals surface area contributed by atoms with Crippen molar-refractivity contribution in [3.8, 4) is 0 Å². The Hall–Kier alpha value is -1.31. The van der Waals surface area contributed by atoms with Crippen molar-refractivity contribution in [3.05, 3.63) is 35.4 Å². The summed E-state index contributed by atoms with van der Waals surface area (Å²) in [4.78, 5) is 11.1. The molecule has 0 unspecified atom stereocenters. The van der Waals surface area contributed by atoms with Crippen LogP contribution in [0.5, 0.6) is 0 Å². The van der Waals surface area contributed by atoms with E-state index in [0.717, 1.165) is 10.9 Å². The van der Waals surface area contributed by atoms with E-state index in [-0.39, 0.29) is 5.91 Å². The molecule has 0 aromatic heterocycles. The molecular formula is C8H7NO. The van der Waals surface area contributed by atoms with E-state index in [2.05, 4.69) is 0 Å². The van der Waals surface area contributed by atoms with Gasteiger partial charge in [-0.2, -0.15) is 0 Å². The number of hydrogen-bond acceptors (Lipinski definition) is 1. The van der Waals surface area contributed by atoms with Crippen molar-refractivity contribution >= 4 is 5.91 Å². The smallest absolute Gasteiger partial charge is 0.251 e. The number of carbonyl (C=O) groups excluding carboxylic acids is 1. The summed E-state index contributed by atoms with van der Waals surface area (Å²) in [6.07, 6.45) is 0. The minimum Gasteiger partial charge on any atom is -0.348 e. The first kappa shape index (κ1) is 4.50. The van der Waals surface area contributed by atoms with Crippen LogP contribution in [0.2, 0.25) is 1.41 Å². The van der Waals surface area contributed by atoms with Crippen molar-refractivity contribution in [1.82, 2.24) is 5.31 Å². The summed E-state index contributed by atoms with van der Waals surface area (Å²) < 4.78 is 7.21. The number of benzene rings is 1. The summed E-state index contributed by atoms with van der Waals surface area (Å²) in [5.41, 5.74) is 1.62. The third-order valence-corrected chi connectivity index (χ3v) is 1.64. The van der Waals surface area contributed by atoms with Crippen LogP contribution in [-0.2, 0) is 6.54 Å². The van der Waals surface area contributed by atoms with Crippen LogP contribution >= 0.6 is 0 Å². The highest BCUT2D eigenvalue weighted by Crippen LogP contribution is 2.13. The van der Waals surface area contributed by atoms with Crippen molar-refractivity contribution < 1.29 is 6.21 Å². The summed E-state index contributed by atoms with van der Waals surface area (Å²) in [5, 5.41) is 0.977. The van der Waals surface area contributed by atoms with E-state index in [1.807, 2.05) is 18.2 Å². The van der Waals surface area contributed by atoms with Crippen LogP contribution in [0, 0.1) is 0 Å². The summed E-state index contributed by atoms with van der Waals surface area (Å²) in [7, 11) is 0. The van der Waals surface area contributed by atoms with Crippen LogP contribution < -0.4 is 5.31 Å². The SMILES string of the molecule is [2H]N1Cc2ccccc2C1=O. The van der Waals surface area contributed by atoms with Crippen molar-refractivity contribution in [1.29, 1.82) is 0 Å². The summed E-state index contributed by atoms with van der Waals surface area (Å²) >= 11 is 0. The van der Waals surface area contributed by atoms with Gasteiger partial charge in [-0.25, -0.2) is 0 Å². The molecule has 0 radical (unpaired) electrons. The second-order valence-electron chi connectivity index (χ2n) is 2.28. The molecule has 1 amide bonds. The van der Waals surface area contributed by atoms with Crippen molar-refractivity contribution in [3.63, 3.8) is 0 Å². The first-order chi connectivity index (χ1) is 5.29. The Kier molecular flexibility index (Phi) is 0.826. The van der Waals surface area contributed by atoms with E-state index in [0.29, 0.717) is 12.1 Å². The minimum atomic E-state index is -0.194. The topological polar surface area (TPSA) is 29.1 Å². The lowest BCUT2D eigenvalue weighted by atomic mass is 10.1. The van der Waals surface area contributed by atoms with Gasteiger partial charge in [-0.3, -0.25) is 4.79 Å². The lowest BCUT2D eigenvalue weighted by Gasteiger charge is -1.89. The van der Waals surface area contributed by atoms with E-state index >= 15 is 0 Å². The first-order valence-electron chi connectivity index (χ1n) is 3.62. The highest BCUT2D eigenvalue weighted by molar-refractivity contribution is 5.98. The molecule has 1 aromatic rings. The van der Waals surface area contributed by atoms with Crippen molar-refractivity contribution in [2.45, 2.75) is 6.54 Å². The zero-order valence-corrected chi connectivity index (χ0v) is 5.37. The molecule has 1 N–H and O–H groups in total. The van der Waals surface area contributed by atoms with Gasteiger partial charge < -0.3 is 5.31 Å². The molecule has 1 aliphatic rings. The standard InChI is InChI=1S/C8H7NO/c10-8-7-4-2-1-3-6(7)5-9-8/h1-4H,5H2,(H,9,10)/i/hD. The van der Waals surface area contributed by atoms with Gasteiger partial charge in [-0.1, -0.05) is 18.2 Å². The molecule has 2 nitrogen and oxygen atoms in total. The zero-order valence-electron chi connectivity index (χ0n) is 6.37. The summed E-state index contributed by atoms with van der Waals surface area (Å²) in [5.74, 6) is -0.194. The van der Waals surface area contributed by atoms with Crippen molar-refractivity contribution in [2.75, 3.05) is 0 Å². The Morgan fingerprint density at radius 2 is 2.30 bits per heavy atom. The fourth-order valence-corrected chi connectivity index (χ4v) is 1.11. The Morgan fingerprint density at radius 1 is 1.50 bits per heavy atom. The highest BCUT2D eigenvalue weighted by Gasteiger charge is 2.16. The molecule has 0 saturated heterocycles. The molecule has 1 aromatic carbocycles. The Bertz CT molecular complexity index is 311. The molecular weight excluding hydrogens is 126 g/mol. The number of nitrogens with one attached hydrogen (secondary N) is 1. The maximum atomic E-state index is 11.1. The van der Waals surface area contributed by atoms with Gasteiger partial charge in [0.1, 0.15) is 0 Å². The van der Waals surface area contributed by atoms with Gasteiger partial charge in [0.25, 0.3) is 5.91 Å². The van der Waals surface area contributed by atoms with Gasteiger partial charge in [0.2, 0.25) is 0 Å². The molecule has 0 aliphatic carbocycles. The molecule has 0 saturated carbocycles. The molecule has 0 bridgehead atoms. The number of rotatable bonds is 0. The number of fused-ring (bicyclic) bond motifs is 1. The van der Waals surface area contributed by atoms with E-state index in [9.17, 15) is 4.79 Å². The third kappa shape index (κ3) is 0.620. The van der Waals surface area contributed by atoms with Gasteiger partial charge >= 0.3 is 0 Å². The monoisotopic (exact) mass is 134 g/mol. The van der Waals surface area contributed by atoms with Crippen LogP contribution in [0.4, 0.5) is 0 Å². The molecule has 0 fully saturated rings. The highest BCUT2D eigenvalue weighted by atomic mass is 16.1. The Morgan fingerprint density at radius 3 is 3.10 bits per heavy atom. The fourth-order valence-electron chi connectivity index (χ4n) is 1.11. The van der Waals surface area contributed by atoms with E-state index in [1.165, 1.54) is 0 Å². The second kappa shape index (κ2) is 1.84. The van der Waals surface area contributed by atoms with Gasteiger partial charge in [0.15, 0.2) is 1.41 Å². The molecule has 2 heteroatoms. The molecule has 0 atom stereocenters. The predicted octanol–water partition coefficient (Wildman–Crippen LogP) is 0.930. The van der Waals surface area contributed by atoms with E-state index < -0.39 is 0 Å². The Balaban J connectivity index is 2.55. The normalized spacial score (nSPS) is 17.0. The molecule has 1 aliphatic heterocycles. The number of carbonyl (C=O) groups is 1. The minimum absolute atomic E-state index is 0.194. The molecule has 2 rings (SSSR count). The van der Waals surface area contributed by atoms with Gasteiger partial charge in [0.05, 0.1) is 0 Å². The van der Waals surface area contributed by atoms with Gasteiger partial charge in [-0.05, 0) is 11.6 Å². The van der Waals surface area contributed by atoms with Gasteiger partial charge in [-0.15, -0.1) is 0 Å². The number of amides is 1. The first-order valence-corrected chi connectivity index (χ1v) is 3.17. The largest absolute Gasteiger partial charge is 0.348 e. The van der Waals surface area contributed by atoms with Crippen LogP contribution in [-0.4, -0.2) is 5.91 Å². The van der Waals surface area contributed by atoms with E-state index in [1.54, 1.807) is 6.07 Å². The second-order valence-corrected chi connectivity index (χ2v) is 2.28. The molecule has 10 heavy (non-hydrogen) atoms. The summed E-state index contributed by atoms with van der Waals surface area (Å²) in [6.45, 7) is 0.426. The Labute approximate surface area is 60.3 Å². The molecule has 50 valence electrons. The lowest BCUT2D eigenvalue weighted by molar-refractivity contribution is 0.0966. The molecule has 0 spiro atoms. The lowest BCUT2D eigenvalue weighted by Crippen LogP contribution is -2.12. The van der Waals surface area contributed by atoms with Crippen molar-refractivity contribution in [2.24, 2.45) is 0 Å². The average molecular weight is 134 g/mol. The van der Waals surface area contributed by atoms with Crippen LogP contribution in [0.3, 0.4) is 0 Å². The fraction of sp³-hybridized carbons (Fsp3) is 0.125. The predicted molar refractivity (Wildman–Crippen MR) is 37.6 cm³/mol. The zero-order chi connectivity index (χ0) is 7.84. The van der Waals surface area contributed by atoms with Crippen LogP contribution in [0.15, 0.2) is 24.3 Å². The molecule has 1 heterocycles. The maximum absolute atomic E-state index is 11.1. The van der Waals surface area contributed by atoms with Gasteiger partial charge in [0, 0.05) is 12.1 Å². The number of hydrogen-bond donors (Lipinski definition) is 1. The average Bonchev–Trinajstić information content (AvgIpc) is 2.30. The third-order valence-electron chi connectivity index (χ3n) is 1.64. The van der Waals surface area contributed by atoms with E-state index in [4.69, 9.17) is 1.41 Å². The van der Waals surface area contributed by atoms with Crippen LogP contribution in [0.1, 0.15) is 15.9 Å². The maximum Gasteiger partial charge on any atom is 0.251 e. The summed E-state index contributed by atoms with van der Waals surface area (Å²) in [6, 6.07) is 7.33.